The number of nitrogens with zero attached hydrogens (tertiary/aromatic N) is 5. The largest absolute Gasteiger partial charge is 0.457 e. The molecule has 0 amide bonds. The van der Waals surface area contributed by atoms with Crippen molar-refractivity contribution in [2.75, 3.05) is 23.3 Å². The fraction of sp³-hybridized carbons (Fsp3) is 0.409. The standard InChI is InChI=1S/C21H19F7N6O.CH4/c1-2-14(12-6-9-33(11-12)13-5-7-29-16(10-13)20(23,24)25)30-19-31-17-15(4-3-8-34(17)32-19)35-18(22)21(26,27)28;/h2-5,7-8,10,12,14,18H,1,6,9,11H2,(H,30,32);1H4/t12?,14-,18?;/m1./s1. The molecule has 1 saturated heterocycles. The summed E-state index contributed by atoms with van der Waals surface area (Å²) in [7, 11) is 0. The Hall–Kier alpha value is -3.58. The van der Waals surface area contributed by atoms with Crippen LogP contribution in [0.25, 0.3) is 5.65 Å². The third-order valence-electron chi connectivity index (χ3n) is 5.50. The van der Waals surface area contributed by atoms with Crippen LogP contribution in [0.15, 0.2) is 49.3 Å². The quantitative estimate of drug-likeness (QED) is 0.328. The molecule has 3 aromatic heterocycles. The van der Waals surface area contributed by atoms with Gasteiger partial charge in [-0.1, -0.05) is 13.5 Å². The van der Waals surface area contributed by atoms with Crippen LogP contribution in [0, 0.1) is 5.92 Å². The first-order chi connectivity index (χ1) is 16.5. The molecule has 14 heteroatoms. The number of pyridine rings is 2. The molecule has 1 N–H and O–H groups in total. The maximum atomic E-state index is 13.4. The number of fused-ring (bicyclic) bond motifs is 1. The minimum atomic E-state index is -5.20. The zero-order chi connectivity index (χ0) is 25.4. The molecule has 196 valence electrons. The van der Waals surface area contributed by atoms with Gasteiger partial charge in [0.2, 0.25) is 5.95 Å². The van der Waals surface area contributed by atoms with Crippen LogP contribution in [0.4, 0.5) is 42.4 Å². The minimum absolute atomic E-state index is 0. The summed E-state index contributed by atoms with van der Waals surface area (Å²) in [6, 6.07) is 4.54. The second-order valence-corrected chi connectivity index (χ2v) is 7.85. The zero-order valence-electron chi connectivity index (χ0n) is 17.9. The van der Waals surface area contributed by atoms with Gasteiger partial charge in [-0.15, -0.1) is 11.7 Å². The zero-order valence-corrected chi connectivity index (χ0v) is 17.9. The number of halogens is 7. The fourth-order valence-electron chi connectivity index (χ4n) is 3.82. The third-order valence-corrected chi connectivity index (χ3v) is 5.50. The van der Waals surface area contributed by atoms with Crippen molar-refractivity contribution in [2.24, 2.45) is 5.92 Å². The second-order valence-electron chi connectivity index (χ2n) is 7.85. The van der Waals surface area contributed by atoms with E-state index in [-0.39, 0.29) is 24.9 Å². The van der Waals surface area contributed by atoms with E-state index in [1.165, 1.54) is 18.3 Å². The molecule has 3 aromatic rings. The molecule has 0 bridgehead atoms. The van der Waals surface area contributed by atoms with Gasteiger partial charge >= 0.3 is 18.7 Å². The summed E-state index contributed by atoms with van der Waals surface area (Å²) in [6.07, 6.45) is -8.57. The molecule has 0 saturated carbocycles. The molecule has 1 aliphatic rings. The van der Waals surface area contributed by atoms with Gasteiger partial charge in [-0.2, -0.15) is 35.7 Å². The highest BCUT2D eigenvalue weighted by Gasteiger charge is 2.43. The predicted octanol–water partition coefficient (Wildman–Crippen LogP) is 5.51. The average Bonchev–Trinajstić information content (AvgIpc) is 3.44. The Balaban J connectivity index is 0.00000361. The number of hydrogen-bond donors (Lipinski definition) is 1. The Kier molecular flexibility index (Phi) is 7.65. The molecule has 2 unspecified atom stereocenters. The molecular formula is C22H23F7N6O. The van der Waals surface area contributed by atoms with Crippen molar-refractivity contribution in [3.8, 4) is 5.75 Å². The molecule has 7 nitrogen and oxygen atoms in total. The van der Waals surface area contributed by atoms with Gasteiger partial charge in [0.15, 0.2) is 11.4 Å². The number of hydrogen-bond acceptors (Lipinski definition) is 6. The maximum Gasteiger partial charge on any atom is 0.457 e. The van der Waals surface area contributed by atoms with Crippen LogP contribution >= 0.6 is 0 Å². The highest BCUT2D eigenvalue weighted by molar-refractivity contribution is 5.56. The summed E-state index contributed by atoms with van der Waals surface area (Å²) in [5.41, 5.74) is -0.727. The lowest BCUT2D eigenvalue weighted by molar-refractivity contribution is -0.236. The summed E-state index contributed by atoms with van der Waals surface area (Å²) in [6.45, 7) is 4.68. The Morgan fingerprint density at radius 1 is 1.19 bits per heavy atom. The Morgan fingerprint density at radius 3 is 2.61 bits per heavy atom. The molecule has 3 atom stereocenters. The van der Waals surface area contributed by atoms with Crippen molar-refractivity contribution in [1.82, 2.24) is 19.6 Å². The first kappa shape index (κ1) is 27.0. The van der Waals surface area contributed by atoms with Crippen molar-refractivity contribution >= 4 is 17.3 Å². The van der Waals surface area contributed by atoms with Gasteiger partial charge in [-0.3, -0.25) is 4.98 Å². The first-order valence-corrected chi connectivity index (χ1v) is 10.4. The van der Waals surface area contributed by atoms with Crippen LogP contribution < -0.4 is 15.0 Å². The van der Waals surface area contributed by atoms with E-state index in [1.807, 2.05) is 0 Å². The highest BCUT2D eigenvalue weighted by Crippen LogP contribution is 2.33. The molecule has 4 heterocycles. The summed E-state index contributed by atoms with van der Waals surface area (Å²) >= 11 is 0. The van der Waals surface area contributed by atoms with Gasteiger partial charge in [0.25, 0.3) is 0 Å². The summed E-state index contributed by atoms with van der Waals surface area (Å²) < 4.78 is 95.5. The van der Waals surface area contributed by atoms with E-state index in [2.05, 4.69) is 31.7 Å². The van der Waals surface area contributed by atoms with E-state index >= 15 is 0 Å². The molecule has 36 heavy (non-hydrogen) atoms. The van der Waals surface area contributed by atoms with E-state index in [9.17, 15) is 30.7 Å². The summed E-state index contributed by atoms with van der Waals surface area (Å²) in [5, 5.41) is 7.16. The average molecular weight is 520 g/mol. The molecule has 0 aliphatic carbocycles. The van der Waals surface area contributed by atoms with Crippen molar-refractivity contribution in [2.45, 2.75) is 38.6 Å². The van der Waals surface area contributed by atoms with Crippen molar-refractivity contribution in [3.63, 3.8) is 0 Å². The predicted molar refractivity (Wildman–Crippen MR) is 118 cm³/mol. The molecule has 0 aromatic carbocycles. The van der Waals surface area contributed by atoms with E-state index in [0.717, 1.165) is 22.8 Å². The van der Waals surface area contributed by atoms with Crippen LogP contribution in [0.2, 0.25) is 0 Å². The molecule has 1 fully saturated rings. The highest BCUT2D eigenvalue weighted by atomic mass is 19.4. The number of alkyl halides is 7. The number of ether oxygens (including phenoxy) is 1. The SMILES string of the molecule is C.C=C[C@@H](Nc1nc2c(OC(F)C(F)(F)F)cccn2n1)C1CCN(c2ccnc(C(F)(F)F)c2)C1. The van der Waals surface area contributed by atoms with Crippen molar-refractivity contribution < 1.29 is 35.5 Å². The number of aromatic nitrogens is 4. The summed E-state index contributed by atoms with van der Waals surface area (Å²) in [4.78, 5) is 9.27. The lowest BCUT2D eigenvalue weighted by atomic mass is 9.99. The monoisotopic (exact) mass is 520 g/mol. The molecule has 1 aliphatic heterocycles. The van der Waals surface area contributed by atoms with Crippen LogP contribution in [-0.2, 0) is 6.18 Å². The fourth-order valence-corrected chi connectivity index (χ4v) is 3.82. The van der Waals surface area contributed by atoms with Gasteiger partial charge in [-0.25, -0.2) is 4.52 Å². The lowest BCUT2D eigenvalue weighted by Gasteiger charge is -2.23. The van der Waals surface area contributed by atoms with Crippen LogP contribution in [0.5, 0.6) is 5.75 Å². The third kappa shape index (κ3) is 5.79. The Morgan fingerprint density at radius 2 is 1.94 bits per heavy atom. The van der Waals surface area contributed by atoms with Gasteiger partial charge in [0, 0.05) is 37.1 Å². The van der Waals surface area contributed by atoms with E-state index in [4.69, 9.17) is 0 Å². The lowest BCUT2D eigenvalue weighted by Crippen LogP contribution is -2.30. The molecule has 0 spiro atoms. The smallest absolute Gasteiger partial charge is 0.448 e. The number of nitrogens with one attached hydrogen (secondary N) is 1. The number of anilines is 2. The number of rotatable bonds is 7. The van der Waals surface area contributed by atoms with Crippen molar-refractivity contribution in [3.05, 3.63) is 55.0 Å². The van der Waals surface area contributed by atoms with Crippen LogP contribution in [0.1, 0.15) is 19.5 Å². The molecule has 4 rings (SSSR count). The Bertz CT molecular complexity index is 1200. The van der Waals surface area contributed by atoms with E-state index < -0.39 is 36.2 Å². The van der Waals surface area contributed by atoms with Gasteiger partial charge in [0.05, 0.1) is 6.04 Å². The van der Waals surface area contributed by atoms with E-state index in [0.29, 0.717) is 25.2 Å². The second kappa shape index (κ2) is 10.2. The normalized spacial score (nSPS) is 18.0. The summed E-state index contributed by atoms with van der Waals surface area (Å²) in [5.74, 6) is -0.494. The van der Waals surface area contributed by atoms with Gasteiger partial charge in [0.1, 0.15) is 5.69 Å². The maximum absolute atomic E-state index is 13.4. The van der Waals surface area contributed by atoms with Gasteiger partial charge in [-0.05, 0) is 30.7 Å². The molecule has 0 radical (unpaired) electrons. The molecular weight excluding hydrogens is 497 g/mol. The van der Waals surface area contributed by atoms with Crippen LogP contribution in [0.3, 0.4) is 0 Å². The first-order valence-electron chi connectivity index (χ1n) is 10.4. The minimum Gasteiger partial charge on any atom is -0.448 e. The Labute approximate surface area is 201 Å². The topological polar surface area (TPSA) is 67.6 Å². The van der Waals surface area contributed by atoms with Gasteiger partial charge < -0.3 is 15.0 Å². The van der Waals surface area contributed by atoms with E-state index in [1.54, 1.807) is 11.0 Å². The van der Waals surface area contributed by atoms with Crippen molar-refractivity contribution in [1.29, 1.82) is 0 Å². The van der Waals surface area contributed by atoms with Crippen LogP contribution in [-0.4, -0.2) is 51.2 Å².